The molecule has 2 saturated heterocycles. The van der Waals surface area contributed by atoms with Gasteiger partial charge in [-0.2, -0.15) is 0 Å². The highest BCUT2D eigenvalue weighted by atomic mass is 32.1. The number of hydrogen-bond donors (Lipinski definition) is 0. The number of carbonyl (C=O) groups is 2. The zero-order chi connectivity index (χ0) is 15.0. The Labute approximate surface area is 129 Å². The third kappa shape index (κ3) is 2.71. The van der Waals surface area contributed by atoms with E-state index in [0.717, 1.165) is 25.8 Å². The molecule has 0 N–H and O–H groups in total. The summed E-state index contributed by atoms with van der Waals surface area (Å²) in [4.78, 5) is 31.3. The maximum Gasteiger partial charge on any atom is 0.245 e. The first-order chi connectivity index (χ1) is 10.1. The van der Waals surface area contributed by atoms with Gasteiger partial charge in [-0.05, 0) is 45.2 Å². The summed E-state index contributed by atoms with van der Waals surface area (Å²) in [7, 11) is 0. The van der Waals surface area contributed by atoms with Crippen molar-refractivity contribution >= 4 is 23.2 Å². The summed E-state index contributed by atoms with van der Waals surface area (Å²) < 4.78 is 0. The quantitative estimate of drug-likeness (QED) is 0.843. The number of piperidine rings is 1. The molecule has 2 fully saturated rings. The van der Waals surface area contributed by atoms with Crippen molar-refractivity contribution in [3.8, 4) is 0 Å². The van der Waals surface area contributed by atoms with Crippen LogP contribution >= 0.6 is 11.3 Å². The van der Waals surface area contributed by atoms with Crippen molar-refractivity contribution in [1.82, 2.24) is 9.80 Å². The highest BCUT2D eigenvalue weighted by molar-refractivity contribution is 7.12. The van der Waals surface area contributed by atoms with Gasteiger partial charge < -0.3 is 9.80 Å². The van der Waals surface area contributed by atoms with Crippen molar-refractivity contribution in [2.24, 2.45) is 0 Å². The monoisotopic (exact) mass is 306 g/mol. The van der Waals surface area contributed by atoms with E-state index in [0.29, 0.717) is 13.0 Å². The van der Waals surface area contributed by atoms with Crippen LogP contribution in [0.3, 0.4) is 0 Å². The molecule has 2 amide bonds. The second-order valence-corrected chi connectivity index (χ2v) is 7.32. The molecular formula is C16H22N2O2S. The fourth-order valence-electron chi connectivity index (χ4n) is 3.36. The van der Waals surface area contributed by atoms with Crippen LogP contribution < -0.4 is 0 Å². The van der Waals surface area contributed by atoms with Crippen LogP contribution in [0.15, 0.2) is 12.1 Å². The second kappa shape index (κ2) is 5.79. The summed E-state index contributed by atoms with van der Waals surface area (Å²) in [5, 5.41) is 0. The minimum atomic E-state index is -0.225. The average Bonchev–Trinajstić information content (AvgIpc) is 2.88. The Morgan fingerprint density at radius 3 is 2.76 bits per heavy atom. The molecule has 2 aliphatic heterocycles. The Balaban J connectivity index is 1.85. The Hall–Kier alpha value is -1.36. The maximum absolute atomic E-state index is 12.9. The fourth-order valence-corrected chi connectivity index (χ4v) is 4.31. The van der Waals surface area contributed by atoms with Crippen molar-refractivity contribution in [3.63, 3.8) is 0 Å². The van der Waals surface area contributed by atoms with Crippen LogP contribution in [-0.2, 0) is 9.59 Å². The molecule has 21 heavy (non-hydrogen) atoms. The van der Waals surface area contributed by atoms with Crippen LogP contribution in [0.1, 0.15) is 48.4 Å². The number of nitrogens with zero attached hydrogens (tertiary/aromatic N) is 2. The van der Waals surface area contributed by atoms with Gasteiger partial charge in [-0.15, -0.1) is 11.3 Å². The van der Waals surface area contributed by atoms with Crippen LogP contribution in [-0.4, -0.2) is 40.7 Å². The number of amides is 2. The van der Waals surface area contributed by atoms with E-state index in [1.165, 1.54) is 9.75 Å². The minimum Gasteiger partial charge on any atom is -0.333 e. The summed E-state index contributed by atoms with van der Waals surface area (Å²) in [6.45, 7) is 5.45. The molecule has 4 nitrogen and oxygen atoms in total. The first-order valence-electron chi connectivity index (χ1n) is 7.74. The molecule has 1 aromatic heterocycles. The van der Waals surface area contributed by atoms with E-state index in [-0.39, 0.29) is 23.9 Å². The van der Waals surface area contributed by atoms with Gasteiger partial charge in [0.15, 0.2) is 0 Å². The zero-order valence-electron chi connectivity index (χ0n) is 12.7. The average molecular weight is 306 g/mol. The lowest BCUT2D eigenvalue weighted by Crippen LogP contribution is -2.50. The van der Waals surface area contributed by atoms with Gasteiger partial charge in [-0.3, -0.25) is 9.59 Å². The molecular weight excluding hydrogens is 284 g/mol. The van der Waals surface area contributed by atoms with E-state index in [1.54, 1.807) is 11.3 Å². The molecule has 2 unspecified atom stereocenters. The van der Waals surface area contributed by atoms with E-state index < -0.39 is 0 Å². The van der Waals surface area contributed by atoms with Gasteiger partial charge in [-0.1, -0.05) is 0 Å². The van der Waals surface area contributed by atoms with Gasteiger partial charge in [0, 0.05) is 29.3 Å². The molecule has 2 atom stereocenters. The van der Waals surface area contributed by atoms with Crippen LogP contribution in [0.4, 0.5) is 0 Å². The topological polar surface area (TPSA) is 40.6 Å². The number of hydrogen-bond acceptors (Lipinski definition) is 3. The molecule has 114 valence electrons. The van der Waals surface area contributed by atoms with Crippen LogP contribution in [0, 0.1) is 6.92 Å². The standard InChI is InChI=1S/C16H22N2O2S/c1-11-6-7-14(21-11)12(2)17-10-8-15(19)18-9-4-3-5-13(18)16(17)20/h6-7,12-13H,3-5,8-10H2,1-2H3. The molecule has 0 aromatic carbocycles. The lowest BCUT2D eigenvalue weighted by atomic mass is 10.0. The zero-order valence-corrected chi connectivity index (χ0v) is 13.5. The molecule has 0 saturated carbocycles. The molecule has 2 aliphatic rings. The van der Waals surface area contributed by atoms with Crippen LogP contribution in [0.25, 0.3) is 0 Å². The van der Waals surface area contributed by atoms with Gasteiger partial charge in [0.05, 0.1) is 6.04 Å². The highest BCUT2D eigenvalue weighted by Crippen LogP contribution is 2.31. The molecule has 5 heteroatoms. The van der Waals surface area contributed by atoms with E-state index >= 15 is 0 Å². The number of rotatable bonds is 2. The second-order valence-electron chi connectivity index (χ2n) is 6.00. The molecule has 0 spiro atoms. The summed E-state index contributed by atoms with van der Waals surface area (Å²) in [5.74, 6) is 0.282. The van der Waals surface area contributed by atoms with Crippen LogP contribution in [0.2, 0.25) is 0 Å². The summed E-state index contributed by atoms with van der Waals surface area (Å²) in [5.41, 5.74) is 0. The lowest BCUT2D eigenvalue weighted by molar-refractivity contribution is -0.144. The van der Waals surface area contributed by atoms with Crippen molar-refractivity contribution in [3.05, 3.63) is 21.9 Å². The van der Waals surface area contributed by atoms with E-state index in [4.69, 9.17) is 0 Å². The van der Waals surface area contributed by atoms with Crippen LogP contribution in [0.5, 0.6) is 0 Å². The summed E-state index contributed by atoms with van der Waals surface area (Å²) in [6, 6.07) is 4.03. The maximum atomic E-state index is 12.9. The Morgan fingerprint density at radius 2 is 2.05 bits per heavy atom. The minimum absolute atomic E-state index is 0.0610. The van der Waals surface area contributed by atoms with E-state index in [9.17, 15) is 9.59 Å². The Bertz CT molecular complexity index is 554. The van der Waals surface area contributed by atoms with Crippen molar-refractivity contribution < 1.29 is 9.59 Å². The van der Waals surface area contributed by atoms with Gasteiger partial charge in [0.2, 0.25) is 11.8 Å². The SMILES string of the molecule is Cc1ccc(C(C)N2CCC(=O)N3CCCCC3C2=O)s1. The lowest BCUT2D eigenvalue weighted by Gasteiger charge is -2.35. The number of thiophene rings is 1. The smallest absolute Gasteiger partial charge is 0.245 e. The summed E-state index contributed by atoms with van der Waals surface area (Å²) >= 11 is 1.74. The molecule has 0 bridgehead atoms. The Kier molecular flexibility index (Phi) is 4.02. The number of carbonyl (C=O) groups excluding carboxylic acids is 2. The third-order valence-corrected chi connectivity index (χ3v) is 5.77. The van der Waals surface area contributed by atoms with Gasteiger partial charge in [0.1, 0.15) is 6.04 Å². The fraction of sp³-hybridized carbons (Fsp3) is 0.625. The van der Waals surface area contributed by atoms with Crippen molar-refractivity contribution in [2.75, 3.05) is 13.1 Å². The molecule has 3 rings (SSSR count). The third-order valence-electron chi connectivity index (χ3n) is 4.60. The highest BCUT2D eigenvalue weighted by Gasteiger charge is 2.39. The van der Waals surface area contributed by atoms with Crippen molar-refractivity contribution in [2.45, 2.75) is 51.6 Å². The number of fused-ring (bicyclic) bond motifs is 1. The van der Waals surface area contributed by atoms with Gasteiger partial charge >= 0.3 is 0 Å². The van der Waals surface area contributed by atoms with Crippen molar-refractivity contribution in [1.29, 1.82) is 0 Å². The first kappa shape index (κ1) is 14.6. The van der Waals surface area contributed by atoms with E-state index in [2.05, 4.69) is 26.0 Å². The normalized spacial score (nSPS) is 24.8. The molecule has 0 aliphatic carbocycles. The van der Waals surface area contributed by atoms with E-state index in [1.807, 2.05) is 9.80 Å². The predicted octanol–water partition coefficient (Wildman–Crippen LogP) is 2.73. The van der Waals surface area contributed by atoms with Gasteiger partial charge in [-0.25, -0.2) is 0 Å². The van der Waals surface area contributed by atoms with Gasteiger partial charge in [0.25, 0.3) is 0 Å². The largest absolute Gasteiger partial charge is 0.333 e. The molecule has 3 heterocycles. The Morgan fingerprint density at radius 1 is 1.24 bits per heavy atom. The summed E-state index contributed by atoms with van der Waals surface area (Å²) in [6.07, 6.45) is 3.34. The first-order valence-corrected chi connectivity index (χ1v) is 8.56. The molecule has 1 aromatic rings. The number of aryl methyl sites for hydroxylation is 1. The predicted molar refractivity (Wildman–Crippen MR) is 83.2 cm³/mol. The molecule has 0 radical (unpaired) electrons.